The lowest BCUT2D eigenvalue weighted by Crippen LogP contribution is -2.49. The van der Waals surface area contributed by atoms with E-state index in [1.165, 1.54) is 12.1 Å². The second kappa shape index (κ2) is 6.12. The number of carbonyl (C=O) groups excluding carboxylic acids is 1. The summed E-state index contributed by atoms with van der Waals surface area (Å²) in [5, 5.41) is 0. The lowest BCUT2D eigenvalue weighted by Gasteiger charge is -2.40. The Bertz CT molecular complexity index is 453. The first-order valence-corrected chi connectivity index (χ1v) is 6.43. The molecule has 1 aliphatic heterocycles. The van der Waals surface area contributed by atoms with Gasteiger partial charge in [-0.3, -0.25) is 4.79 Å². The van der Waals surface area contributed by atoms with Crippen LogP contribution in [-0.2, 0) is 9.53 Å². The Labute approximate surface area is 112 Å². The van der Waals surface area contributed by atoms with E-state index in [0.29, 0.717) is 26.0 Å². The van der Waals surface area contributed by atoms with E-state index in [2.05, 4.69) is 0 Å². The van der Waals surface area contributed by atoms with E-state index in [4.69, 9.17) is 10.5 Å². The van der Waals surface area contributed by atoms with Crippen LogP contribution in [0.3, 0.4) is 0 Å². The van der Waals surface area contributed by atoms with Crippen LogP contribution in [0.1, 0.15) is 24.4 Å². The Morgan fingerprint density at radius 1 is 1.53 bits per heavy atom. The predicted octanol–water partition coefficient (Wildman–Crippen LogP) is 1.46. The van der Waals surface area contributed by atoms with E-state index >= 15 is 0 Å². The van der Waals surface area contributed by atoms with Crippen molar-refractivity contribution in [3.8, 4) is 0 Å². The van der Waals surface area contributed by atoms with Crippen LogP contribution in [0, 0.1) is 5.82 Å². The maximum atomic E-state index is 13.4. The molecular weight excluding hydrogens is 247 g/mol. The molecule has 1 aliphatic rings. The molecule has 0 aromatic heterocycles. The molecule has 0 spiro atoms. The predicted molar refractivity (Wildman–Crippen MR) is 69.9 cm³/mol. The largest absolute Gasteiger partial charge is 0.383 e. The molecule has 1 amide bonds. The van der Waals surface area contributed by atoms with Gasteiger partial charge in [0.15, 0.2) is 0 Å². The van der Waals surface area contributed by atoms with Crippen molar-refractivity contribution in [2.24, 2.45) is 5.73 Å². The lowest BCUT2D eigenvalue weighted by atomic mass is 9.90. The summed E-state index contributed by atoms with van der Waals surface area (Å²) in [5.74, 6) is -0.262. The highest BCUT2D eigenvalue weighted by Crippen LogP contribution is 2.30. The third-order valence-electron chi connectivity index (χ3n) is 3.48. The summed E-state index contributed by atoms with van der Waals surface area (Å²) in [7, 11) is 1.59. The Balaban J connectivity index is 2.28. The second-order valence-corrected chi connectivity index (χ2v) is 4.78. The van der Waals surface area contributed by atoms with Gasteiger partial charge in [-0.15, -0.1) is 0 Å². The Morgan fingerprint density at radius 2 is 2.32 bits per heavy atom. The van der Waals surface area contributed by atoms with Gasteiger partial charge in [0.2, 0.25) is 5.91 Å². The lowest BCUT2D eigenvalue weighted by molar-refractivity contribution is -0.138. The summed E-state index contributed by atoms with van der Waals surface area (Å²) < 4.78 is 18.4. The molecule has 2 rings (SSSR count). The summed E-state index contributed by atoms with van der Waals surface area (Å²) in [6, 6.07) is 5.85. The molecule has 1 heterocycles. The van der Waals surface area contributed by atoms with Crippen LogP contribution in [0.25, 0.3) is 0 Å². The third-order valence-corrected chi connectivity index (χ3v) is 3.48. The quantitative estimate of drug-likeness (QED) is 0.897. The smallest absolute Gasteiger partial charge is 0.223 e. The molecule has 0 saturated carbocycles. The molecule has 1 aromatic carbocycles. The zero-order valence-corrected chi connectivity index (χ0v) is 11.0. The molecule has 0 bridgehead atoms. The molecule has 2 N–H and O–H groups in total. The molecule has 4 nitrogen and oxygen atoms in total. The molecule has 2 atom stereocenters. The Hall–Kier alpha value is -1.46. The molecule has 0 radical (unpaired) electrons. The van der Waals surface area contributed by atoms with Crippen LogP contribution >= 0.6 is 0 Å². The van der Waals surface area contributed by atoms with E-state index in [0.717, 1.165) is 5.56 Å². The molecule has 1 aromatic rings. The number of carbonyl (C=O) groups is 1. The number of nitrogens with two attached hydrogens (primary N) is 1. The molecule has 2 unspecified atom stereocenters. The highest BCUT2D eigenvalue weighted by Gasteiger charge is 2.34. The van der Waals surface area contributed by atoms with Gasteiger partial charge in [0, 0.05) is 26.1 Å². The number of piperidine rings is 1. The first-order valence-electron chi connectivity index (χ1n) is 6.43. The summed E-state index contributed by atoms with van der Waals surface area (Å²) in [6.07, 6.45) is 1.07. The first-order chi connectivity index (χ1) is 9.13. The minimum atomic E-state index is -0.311. The van der Waals surface area contributed by atoms with Gasteiger partial charge < -0.3 is 15.4 Å². The van der Waals surface area contributed by atoms with E-state index in [9.17, 15) is 9.18 Å². The number of hydrogen-bond donors (Lipinski definition) is 1. The Morgan fingerprint density at radius 3 is 3.00 bits per heavy atom. The molecule has 1 fully saturated rings. The van der Waals surface area contributed by atoms with Crippen molar-refractivity contribution in [2.45, 2.75) is 24.9 Å². The van der Waals surface area contributed by atoms with Gasteiger partial charge in [0.05, 0.1) is 12.6 Å². The average Bonchev–Trinajstić information content (AvgIpc) is 2.39. The van der Waals surface area contributed by atoms with Crippen LogP contribution in [0.15, 0.2) is 24.3 Å². The first kappa shape index (κ1) is 14.0. The molecule has 1 saturated heterocycles. The molecule has 104 valence electrons. The summed E-state index contributed by atoms with van der Waals surface area (Å²) in [6.45, 7) is 0.925. The van der Waals surface area contributed by atoms with Gasteiger partial charge in [-0.25, -0.2) is 4.39 Å². The fourth-order valence-electron chi connectivity index (χ4n) is 2.55. The van der Waals surface area contributed by atoms with Crippen LogP contribution in [-0.4, -0.2) is 37.1 Å². The molecule has 19 heavy (non-hydrogen) atoms. The summed E-state index contributed by atoms with van der Waals surface area (Å²) >= 11 is 0. The highest BCUT2D eigenvalue weighted by molar-refractivity contribution is 5.78. The molecule has 0 aliphatic carbocycles. The van der Waals surface area contributed by atoms with Crippen molar-refractivity contribution in [3.63, 3.8) is 0 Å². The minimum absolute atomic E-state index is 0.0491. The minimum Gasteiger partial charge on any atom is -0.383 e. The SMILES string of the molecule is COCCN1C(=O)CCC(N)C1c1cccc(F)c1. The normalized spacial score (nSPS) is 23.7. The fraction of sp³-hybridized carbons (Fsp3) is 0.500. The van der Waals surface area contributed by atoms with Gasteiger partial charge in [0.25, 0.3) is 0 Å². The van der Waals surface area contributed by atoms with Crippen LogP contribution in [0.2, 0.25) is 0 Å². The average molecular weight is 266 g/mol. The number of halogens is 1. The zero-order chi connectivity index (χ0) is 13.8. The molecular formula is C14H19FN2O2. The highest BCUT2D eigenvalue weighted by atomic mass is 19.1. The summed E-state index contributed by atoms with van der Waals surface area (Å²) in [4.78, 5) is 13.7. The number of nitrogens with zero attached hydrogens (tertiary/aromatic N) is 1. The molecule has 5 heteroatoms. The van der Waals surface area contributed by atoms with Crippen LogP contribution < -0.4 is 5.73 Å². The topological polar surface area (TPSA) is 55.6 Å². The number of amides is 1. The fourth-order valence-corrected chi connectivity index (χ4v) is 2.55. The van der Waals surface area contributed by atoms with Crippen molar-refractivity contribution in [1.29, 1.82) is 0 Å². The number of hydrogen-bond acceptors (Lipinski definition) is 3. The third kappa shape index (κ3) is 3.11. The Kier molecular flexibility index (Phi) is 4.50. The number of benzene rings is 1. The number of likely N-dealkylation sites (tertiary alicyclic amines) is 1. The van der Waals surface area contributed by atoms with Crippen molar-refractivity contribution < 1.29 is 13.9 Å². The second-order valence-electron chi connectivity index (χ2n) is 4.78. The maximum absolute atomic E-state index is 13.4. The van der Waals surface area contributed by atoms with E-state index in [-0.39, 0.29) is 23.8 Å². The standard InChI is InChI=1S/C14H19FN2O2/c1-19-8-7-17-13(18)6-5-12(16)14(17)10-3-2-4-11(15)9-10/h2-4,9,12,14H,5-8,16H2,1H3. The maximum Gasteiger partial charge on any atom is 0.223 e. The van der Waals surface area contributed by atoms with Gasteiger partial charge in [-0.1, -0.05) is 12.1 Å². The van der Waals surface area contributed by atoms with E-state index in [1.807, 2.05) is 6.07 Å². The number of ether oxygens (including phenoxy) is 1. The van der Waals surface area contributed by atoms with Crippen molar-refractivity contribution in [3.05, 3.63) is 35.6 Å². The van der Waals surface area contributed by atoms with Crippen molar-refractivity contribution in [2.75, 3.05) is 20.3 Å². The van der Waals surface area contributed by atoms with Crippen molar-refractivity contribution in [1.82, 2.24) is 4.90 Å². The van der Waals surface area contributed by atoms with Crippen molar-refractivity contribution >= 4 is 5.91 Å². The van der Waals surface area contributed by atoms with E-state index in [1.54, 1.807) is 18.1 Å². The van der Waals surface area contributed by atoms with Crippen LogP contribution in [0.5, 0.6) is 0 Å². The number of methoxy groups -OCH3 is 1. The number of rotatable bonds is 4. The van der Waals surface area contributed by atoms with Gasteiger partial charge >= 0.3 is 0 Å². The van der Waals surface area contributed by atoms with E-state index < -0.39 is 0 Å². The zero-order valence-electron chi connectivity index (χ0n) is 11.0. The van der Waals surface area contributed by atoms with Gasteiger partial charge in [0.1, 0.15) is 5.82 Å². The summed E-state index contributed by atoms with van der Waals surface area (Å²) in [5.41, 5.74) is 6.88. The van der Waals surface area contributed by atoms with Crippen LogP contribution in [0.4, 0.5) is 4.39 Å². The monoisotopic (exact) mass is 266 g/mol. The van der Waals surface area contributed by atoms with Gasteiger partial charge in [-0.05, 0) is 24.1 Å². The van der Waals surface area contributed by atoms with Gasteiger partial charge in [-0.2, -0.15) is 0 Å².